The minimum Gasteiger partial charge on any atom is -0.353 e. The second-order valence-corrected chi connectivity index (χ2v) is 5.34. The number of carbonyl (C=O) groups excluding carboxylic acids is 1. The lowest BCUT2D eigenvalue weighted by molar-refractivity contribution is -0.133. The van der Waals surface area contributed by atoms with E-state index in [0.29, 0.717) is 11.9 Å². The number of piperidine rings is 1. The zero-order valence-electron chi connectivity index (χ0n) is 10.8. The van der Waals surface area contributed by atoms with Crippen molar-refractivity contribution >= 4 is 5.91 Å². The van der Waals surface area contributed by atoms with E-state index < -0.39 is 0 Å². The normalized spacial score (nSPS) is 27.7. The van der Waals surface area contributed by atoms with Gasteiger partial charge < -0.3 is 10.6 Å². The Balaban J connectivity index is 1.94. The summed E-state index contributed by atoms with van der Waals surface area (Å²) in [5.74, 6) is 0.293. The fourth-order valence-electron chi connectivity index (χ4n) is 2.91. The Hall–Kier alpha value is -0.830. The lowest BCUT2D eigenvalue weighted by Crippen LogP contribution is -2.50. The molecule has 0 aromatic heterocycles. The first kappa shape index (κ1) is 12.6. The van der Waals surface area contributed by atoms with Crippen molar-refractivity contribution in [2.45, 2.75) is 51.5 Å². The van der Waals surface area contributed by atoms with Crippen molar-refractivity contribution in [2.24, 2.45) is 5.41 Å². The second kappa shape index (κ2) is 5.67. The topological polar surface area (TPSA) is 41.1 Å². The standard InChI is InChI=1S/C14H24N2O/c1-2-14(8-10-15-11-9-14)13(17)16-12-6-4-3-5-7-12/h3-4,12,15H,2,5-11H2,1H3,(H,16,17). The molecule has 3 heteroatoms. The summed E-state index contributed by atoms with van der Waals surface area (Å²) in [5, 5.41) is 6.60. The van der Waals surface area contributed by atoms with Crippen LogP contribution in [-0.2, 0) is 4.79 Å². The first-order valence-corrected chi connectivity index (χ1v) is 6.93. The summed E-state index contributed by atoms with van der Waals surface area (Å²) in [6, 6.07) is 0.366. The minimum atomic E-state index is -0.105. The summed E-state index contributed by atoms with van der Waals surface area (Å²) < 4.78 is 0. The van der Waals surface area contributed by atoms with E-state index in [9.17, 15) is 4.79 Å². The summed E-state index contributed by atoms with van der Waals surface area (Å²) in [6.45, 7) is 4.10. The number of hydrogen-bond donors (Lipinski definition) is 2. The third kappa shape index (κ3) is 2.89. The van der Waals surface area contributed by atoms with Crippen LogP contribution in [-0.4, -0.2) is 25.0 Å². The SMILES string of the molecule is CCC1(C(=O)NC2CC=CCC2)CCNCC1. The summed E-state index contributed by atoms with van der Waals surface area (Å²) >= 11 is 0. The number of rotatable bonds is 3. The molecule has 1 aliphatic carbocycles. The molecular formula is C14H24N2O. The number of amides is 1. The third-order valence-electron chi connectivity index (χ3n) is 4.32. The molecule has 0 aromatic rings. The van der Waals surface area contributed by atoms with Gasteiger partial charge >= 0.3 is 0 Å². The van der Waals surface area contributed by atoms with Crippen LogP contribution in [0.3, 0.4) is 0 Å². The van der Waals surface area contributed by atoms with Crippen molar-refractivity contribution in [3.63, 3.8) is 0 Å². The van der Waals surface area contributed by atoms with E-state index in [1.54, 1.807) is 0 Å². The van der Waals surface area contributed by atoms with Crippen LogP contribution in [0.5, 0.6) is 0 Å². The highest BCUT2D eigenvalue weighted by Crippen LogP contribution is 2.33. The number of hydrogen-bond acceptors (Lipinski definition) is 2. The molecule has 17 heavy (non-hydrogen) atoms. The fraction of sp³-hybridized carbons (Fsp3) is 0.786. The molecule has 0 saturated carbocycles. The Morgan fingerprint density at radius 3 is 2.76 bits per heavy atom. The van der Waals surface area contributed by atoms with Crippen molar-refractivity contribution in [1.82, 2.24) is 10.6 Å². The number of nitrogens with one attached hydrogen (secondary N) is 2. The monoisotopic (exact) mass is 236 g/mol. The highest BCUT2D eigenvalue weighted by molar-refractivity contribution is 5.83. The quantitative estimate of drug-likeness (QED) is 0.736. The third-order valence-corrected chi connectivity index (χ3v) is 4.32. The van der Waals surface area contributed by atoms with Crippen LogP contribution in [0.2, 0.25) is 0 Å². The maximum absolute atomic E-state index is 12.5. The molecule has 1 unspecified atom stereocenters. The van der Waals surface area contributed by atoms with Gasteiger partial charge in [0.25, 0.3) is 0 Å². The summed E-state index contributed by atoms with van der Waals surface area (Å²) in [6.07, 6.45) is 10.5. The van der Waals surface area contributed by atoms with Crippen molar-refractivity contribution in [2.75, 3.05) is 13.1 Å². The van der Waals surface area contributed by atoms with Crippen LogP contribution in [0.1, 0.15) is 45.4 Å². The van der Waals surface area contributed by atoms with Gasteiger partial charge in [-0.2, -0.15) is 0 Å². The minimum absolute atomic E-state index is 0.105. The molecule has 0 aromatic carbocycles. The number of allylic oxidation sites excluding steroid dienone is 1. The van der Waals surface area contributed by atoms with E-state index in [4.69, 9.17) is 0 Å². The molecule has 0 radical (unpaired) electrons. The highest BCUT2D eigenvalue weighted by Gasteiger charge is 2.38. The summed E-state index contributed by atoms with van der Waals surface area (Å²) in [5.41, 5.74) is -0.105. The second-order valence-electron chi connectivity index (χ2n) is 5.34. The van der Waals surface area contributed by atoms with Gasteiger partial charge in [-0.25, -0.2) is 0 Å². The van der Waals surface area contributed by atoms with E-state index in [1.807, 2.05) is 0 Å². The average Bonchev–Trinajstić information content (AvgIpc) is 2.40. The van der Waals surface area contributed by atoms with Gasteiger partial charge in [-0.05, 0) is 51.6 Å². The van der Waals surface area contributed by atoms with Crippen LogP contribution >= 0.6 is 0 Å². The van der Waals surface area contributed by atoms with Crippen molar-refractivity contribution < 1.29 is 4.79 Å². The van der Waals surface area contributed by atoms with Gasteiger partial charge in [0.1, 0.15) is 0 Å². The first-order valence-electron chi connectivity index (χ1n) is 6.93. The largest absolute Gasteiger partial charge is 0.353 e. The Kier molecular flexibility index (Phi) is 4.21. The molecule has 1 fully saturated rings. The molecule has 1 atom stereocenters. The van der Waals surface area contributed by atoms with E-state index in [1.165, 1.54) is 0 Å². The molecule has 3 nitrogen and oxygen atoms in total. The average molecular weight is 236 g/mol. The lowest BCUT2D eigenvalue weighted by Gasteiger charge is -2.36. The zero-order chi connectivity index (χ0) is 12.1. The molecule has 0 bridgehead atoms. The predicted molar refractivity (Wildman–Crippen MR) is 69.7 cm³/mol. The van der Waals surface area contributed by atoms with Crippen LogP contribution in [0.25, 0.3) is 0 Å². The maximum Gasteiger partial charge on any atom is 0.226 e. The molecule has 1 heterocycles. The Morgan fingerprint density at radius 1 is 1.41 bits per heavy atom. The summed E-state index contributed by atoms with van der Waals surface area (Å²) in [7, 11) is 0. The Bertz CT molecular complexity index is 293. The Morgan fingerprint density at radius 2 is 2.18 bits per heavy atom. The molecule has 1 aliphatic heterocycles. The van der Waals surface area contributed by atoms with Gasteiger partial charge in [0.05, 0.1) is 5.41 Å². The van der Waals surface area contributed by atoms with Gasteiger partial charge in [-0.1, -0.05) is 19.1 Å². The molecular weight excluding hydrogens is 212 g/mol. The highest BCUT2D eigenvalue weighted by atomic mass is 16.2. The fourth-order valence-corrected chi connectivity index (χ4v) is 2.91. The molecule has 2 rings (SSSR count). The van der Waals surface area contributed by atoms with Crippen molar-refractivity contribution in [3.8, 4) is 0 Å². The van der Waals surface area contributed by atoms with Crippen LogP contribution in [0, 0.1) is 5.41 Å². The molecule has 96 valence electrons. The molecule has 1 saturated heterocycles. The smallest absolute Gasteiger partial charge is 0.226 e. The van der Waals surface area contributed by atoms with E-state index in [2.05, 4.69) is 29.7 Å². The predicted octanol–water partition coefficient (Wildman–Crippen LogP) is 1.99. The van der Waals surface area contributed by atoms with Gasteiger partial charge in [-0.15, -0.1) is 0 Å². The van der Waals surface area contributed by atoms with Gasteiger partial charge in [0.2, 0.25) is 5.91 Å². The van der Waals surface area contributed by atoms with Crippen molar-refractivity contribution in [1.29, 1.82) is 0 Å². The molecule has 0 spiro atoms. The summed E-state index contributed by atoms with van der Waals surface area (Å²) in [4.78, 5) is 12.5. The van der Waals surface area contributed by atoms with E-state index >= 15 is 0 Å². The Labute approximate surface area is 104 Å². The van der Waals surface area contributed by atoms with E-state index in [-0.39, 0.29) is 5.41 Å². The van der Waals surface area contributed by atoms with Gasteiger partial charge in [-0.3, -0.25) is 4.79 Å². The van der Waals surface area contributed by atoms with E-state index in [0.717, 1.165) is 51.6 Å². The molecule has 2 N–H and O–H groups in total. The van der Waals surface area contributed by atoms with Crippen molar-refractivity contribution in [3.05, 3.63) is 12.2 Å². The van der Waals surface area contributed by atoms with Crippen LogP contribution in [0.15, 0.2) is 12.2 Å². The van der Waals surface area contributed by atoms with Gasteiger partial charge in [0.15, 0.2) is 0 Å². The maximum atomic E-state index is 12.5. The molecule has 2 aliphatic rings. The first-order chi connectivity index (χ1) is 8.27. The zero-order valence-corrected chi connectivity index (χ0v) is 10.8. The van der Waals surface area contributed by atoms with Crippen LogP contribution < -0.4 is 10.6 Å². The number of carbonyl (C=O) groups is 1. The van der Waals surface area contributed by atoms with Crippen LogP contribution in [0.4, 0.5) is 0 Å². The lowest BCUT2D eigenvalue weighted by atomic mass is 9.75. The van der Waals surface area contributed by atoms with Gasteiger partial charge in [0, 0.05) is 6.04 Å². The molecule has 1 amide bonds.